The molecule has 0 spiro atoms. The molecule has 1 rings (SSSR count). The third kappa shape index (κ3) is 1.92. The van der Waals surface area contributed by atoms with Crippen molar-refractivity contribution < 1.29 is 23.8 Å². The summed E-state index contributed by atoms with van der Waals surface area (Å²) in [7, 11) is 0. The predicted molar refractivity (Wildman–Crippen MR) is 43.7 cm³/mol. The van der Waals surface area contributed by atoms with E-state index in [4.69, 9.17) is 15.5 Å². The summed E-state index contributed by atoms with van der Waals surface area (Å²) in [5, 5.41) is 26.0. The number of nitrogens with zero attached hydrogens (tertiary/aromatic N) is 1. The Bertz CT molecular complexity index is 453. The number of hydrogen-bond acceptors (Lipinski definition) is 3. The van der Waals surface area contributed by atoms with Crippen molar-refractivity contribution in [1.29, 1.82) is 5.26 Å². The van der Waals surface area contributed by atoms with Crippen LogP contribution in [0.25, 0.3) is 0 Å². The number of nitriles is 1. The molecule has 2 N–H and O–H groups in total. The summed E-state index contributed by atoms with van der Waals surface area (Å²) in [4.78, 5) is 10.4. The molecule has 6 heteroatoms. The Balaban J connectivity index is 3.46. The van der Waals surface area contributed by atoms with Crippen LogP contribution in [0.1, 0.15) is 17.2 Å². The van der Waals surface area contributed by atoms with Crippen molar-refractivity contribution >= 4 is 5.97 Å². The first-order valence-corrected chi connectivity index (χ1v) is 3.78. The quantitative estimate of drug-likeness (QED) is 0.766. The Morgan fingerprint density at radius 2 is 1.93 bits per heavy atom. The van der Waals surface area contributed by atoms with Crippen LogP contribution in [-0.4, -0.2) is 16.2 Å². The molecule has 0 aliphatic rings. The van der Waals surface area contributed by atoms with Crippen molar-refractivity contribution in [3.63, 3.8) is 0 Å². The Morgan fingerprint density at radius 1 is 1.40 bits per heavy atom. The number of carboxylic acids is 1. The van der Waals surface area contributed by atoms with Gasteiger partial charge in [-0.25, -0.2) is 13.6 Å². The van der Waals surface area contributed by atoms with Crippen LogP contribution in [0.5, 0.6) is 0 Å². The van der Waals surface area contributed by atoms with Crippen LogP contribution in [-0.2, 0) is 4.79 Å². The Labute approximate surface area is 83.0 Å². The van der Waals surface area contributed by atoms with Gasteiger partial charge in [-0.15, -0.1) is 0 Å². The zero-order valence-electron chi connectivity index (χ0n) is 7.24. The van der Waals surface area contributed by atoms with E-state index < -0.39 is 34.8 Å². The van der Waals surface area contributed by atoms with Crippen molar-refractivity contribution in [3.05, 3.63) is 34.9 Å². The summed E-state index contributed by atoms with van der Waals surface area (Å²) in [6.07, 6.45) is -2.25. The van der Waals surface area contributed by atoms with Gasteiger partial charge in [0.25, 0.3) is 0 Å². The fourth-order valence-electron chi connectivity index (χ4n) is 1.07. The topological polar surface area (TPSA) is 81.3 Å². The SMILES string of the molecule is N#Cc1c(F)ccc(F)c1C(O)C(=O)O. The van der Waals surface area contributed by atoms with Gasteiger partial charge in [-0.1, -0.05) is 0 Å². The molecule has 1 aromatic carbocycles. The monoisotopic (exact) mass is 213 g/mol. The van der Waals surface area contributed by atoms with Crippen LogP contribution in [0.3, 0.4) is 0 Å². The summed E-state index contributed by atoms with van der Waals surface area (Å²) >= 11 is 0. The van der Waals surface area contributed by atoms with Crippen molar-refractivity contribution in [3.8, 4) is 6.07 Å². The second-order valence-electron chi connectivity index (χ2n) is 2.67. The lowest BCUT2D eigenvalue weighted by Gasteiger charge is -2.09. The smallest absolute Gasteiger partial charge is 0.337 e. The summed E-state index contributed by atoms with van der Waals surface area (Å²) in [6, 6.07) is 2.64. The van der Waals surface area contributed by atoms with Crippen LogP contribution >= 0.6 is 0 Å². The molecule has 0 aliphatic carbocycles. The molecular weight excluding hydrogens is 208 g/mol. The largest absolute Gasteiger partial charge is 0.479 e. The van der Waals surface area contributed by atoms with Gasteiger partial charge in [0.2, 0.25) is 0 Å². The maximum absolute atomic E-state index is 13.1. The highest BCUT2D eigenvalue weighted by atomic mass is 19.1. The van der Waals surface area contributed by atoms with E-state index in [9.17, 15) is 13.6 Å². The number of aliphatic carboxylic acids is 1. The predicted octanol–water partition coefficient (Wildman–Crippen LogP) is 0.954. The standard InChI is InChI=1S/C9H5F2NO3/c10-5-1-2-6(11)7(4(5)3-12)8(13)9(14)15/h1-2,8,13H,(H,14,15). The second-order valence-corrected chi connectivity index (χ2v) is 2.67. The van der Waals surface area contributed by atoms with E-state index in [1.54, 1.807) is 0 Å². The van der Waals surface area contributed by atoms with E-state index in [0.29, 0.717) is 12.1 Å². The second kappa shape index (κ2) is 4.02. The van der Waals surface area contributed by atoms with Gasteiger partial charge < -0.3 is 10.2 Å². The van der Waals surface area contributed by atoms with Crippen LogP contribution in [0, 0.1) is 23.0 Å². The summed E-state index contributed by atoms with van der Waals surface area (Å²) in [5.74, 6) is -3.96. The first kappa shape index (κ1) is 11.1. The lowest BCUT2D eigenvalue weighted by Crippen LogP contribution is -2.14. The van der Waals surface area contributed by atoms with E-state index in [1.165, 1.54) is 6.07 Å². The molecule has 1 unspecified atom stereocenters. The summed E-state index contributed by atoms with van der Waals surface area (Å²) in [6.45, 7) is 0. The number of rotatable bonds is 2. The molecule has 0 radical (unpaired) electrons. The van der Waals surface area contributed by atoms with E-state index in [1.807, 2.05) is 0 Å². The van der Waals surface area contributed by atoms with Gasteiger partial charge in [0, 0.05) is 5.56 Å². The number of benzene rings is 1. The average molecular weight is 213 g/mol. The first-order chi connectivity index (χ1) is 6.99. The molecule has 4 nitrogen and oxygen atoms in total. The zero-order chi connectivity index (χ0) is 11.6. The van der Waals surface area contributed by atoms with Crippen molar-refractivity contribution in [2.75, 3.05) is 0 Å². The van der Waals surface area contributed by atoms with E-state index in [2.05, 4.69) is 0 Å². The molecule has 1 atom stereocenters. The number of aliphatic hydroxyl groups is 1. The number of hydrogen-bond donors (Lipinski definition) is 2. The molecule has 0 fully saturated rings. The van der Waals surface area contributed by atoms with Crippen molar-refractivity contribution in [2.24, 2.45) is 0 Å². The molecule has 1 aromatic rings. The third-order valence-electron chi connectivity index (χ3n) is 1.76. The fourth-order valence-corrected chi connectivity index (χ4v) is 1.07. The van der Waals surface area contributed by atoms with Gasteiger partial charge >= 0.3 is 5.97 Å². The molecule has 78 valence electrons. The lowest BCUT2D eigenvalue weighted by atomic mass is 10.0. The van der Waals surface area contributed by atoms with E-state index in [0.717, 1.165) is 0 Å². The minimum absolute atomic E-state index is 0.650. The highest BCUT2D eigenvalue weighted by Gasteiger charge is 2.25. The van der Waals surface area contributed by atoms with Gasteiger partial charge in [-0.05, 0) is 12.1 Å². The number of halogens is 2. The van der Waals surface area contributed by atoms with Crippen LogP contribution < -0.4 is 0 Å². The molecule has 15 heavy (non-hydrogen) atoms. The highest BCUT2D eigenvalue weighted by Crippen LogP contribution is 2.23. The highest BCUT2D eigenvalue weighted by molar-refractivity contribution is 5.75. The normalized spacial score (nSPS) is 11.9. The molecule has 0 heterocycles. The molecule has 0 saturated heterocycles. The minimum Gasteiger partial charge on any atom is -0.479 e. The van der Waals surface area contributed by atoms with Gasteiger partial charge in [0.15, 0.2) is 6.10 Å². The van der Waals surface area contributed by atoms with Crippen molar-refractivity contribution in [2.45, 2.75) is 6.10 Å². The maximum atomic E-state index is 13.1. The van der Waals surface area contributed by atoms with Gasteiger partial charge in [-0.3, -0.25) is 0 Å². The molecular formula is C9H5F2NO3. The minimum atomic E-state index is -2.25. The van der Waals surface area contributed by atoms with Crippen LogP contribution in [0.15, 0.2) is 12.1 Å². The summed E-state index contributed by atoms with van der Waals surface area (Å²) in [5.41, 5.74) is -1.66. The van der Waals surface area contributed by atoms with E-state index in [-0.39, 0.29) is 0 Å². The molecule has 0 amide bonds. The lowest BCUT2D eigenvalue weighted by molar-refractivity contribution is -0.147. The first-order valence-electron chi connectivity index (χ1n) is 3.78. The van der Waals surface area contributed by atoms with Crippen molar-refractivity contribution in [1.82, 2.24) is 0 Å². The number of carbonyl (C=O) groups is 1. The van der Waals surface area contributed by atoms with Gasteiger partial charge in [-0.2, -0.15) is 5.26 Å². The molecule has 0 aliphatic heterocycles. The zero-order valence-corrected chi connectivity index (χ0v) is 7.24. The van der Waals surface area contributed by atoms with Gasteiger partial charge in [0.05, 0.1) is 5.56 Å². The van der Waals surface area contributed by atoms with Crippen LogP contribution in [0.2, 0.25) is 0 Å². The Hall–Kier alpha value is -2.00. The number of carboxylic acid groups (broad SMARTS) is 1. The maximum Gasteiger partial charge on any atom is 0.337 e. The molecule has 0 aromatic heterocycles. The van der Waals surface area contributed by atoms with E-state index >= 15 is 0 Å². The molecule has 0 bridgehead atoms. The third-order valence-corrected chi connectivity index (χ3v) is 1.76. The Morgan fingerprint density at radius 3 is 2.40 bits per heavy atom. The Kier molecular flexibility index (Phi) is 2.97. The average Bonchev–Trinajstić information content (AvgIpc) is 2.19. The fraction of sp³-hybridized carbons (Fsp3) is 0.111. The number of aliphatic hydroxyl groups excluding tert-OH is 1. The molecule has 0 saturated carbocycles. The van der Waals surface area contributed by atoms with Crippen LogP contribution in [0.4, 0.5) is 8.78 Å². The van der Waals surface area contributed by atoms with Gasteiger partial charge in [0.1, 0.15) is 17.7 Å². The summed E-state index contributed by atoms with van der Waals surface area (Å²) < 4.78 is 26.0.